The van der Waals surface area contributed by atoms with E-state index in [0.29, 0.717) is 10.5 Å². The summed E-state index contributed by atoms with van der Waals surface area (Å²) in [5.74, 6) is 0. The summed E-state index contributed by atoms with van der Waals surface area (Å²) in [6.45, 7) is 2.08. The molecule has 0 radical (unpaired) electrons. The predicted molar refractivity (Wildman–Crippen MR) is 87.4 cm³/mol. The van der Waals surface area contributed by atoms with E-state index in [0.717, 1.165) is 30.6 Å². The fourth-order valence-electron chi connectivity index (χ4n) is 3.56. The van der Waals surface area contributed by atoms with Crippen LogP contribution < -0.4 is 4.48 Å². The van der Waals surface area contributed by atoms with Crippen molar-refractivity contribution in [2.75, 3.05) is 0 Å². The average Bonchev–Trinajstić information content (AvgIpc) is 3.06. The predicted octanol–water partition coefficient (Wildman–Crippen LogP) is 4.73. The molecule has 0 heterocycles. The van der Waals surface area contributed by atoms with Crippen molar-refractivity contribution in [3.8, 4) is 0 Å². The SMILES string of the molecule is Cc1ccc([N+](C=O)(c2ccccc2)C2CCCC2)cc1. The maximum absolute atomic E-state index is 12.3. The van der Waals surface area contributed by atoms with Gasteiger partial charge in [0.1, 0.15) is 17.4 Å². The number of rotatable bonds is 4. The van der Waals surface area contributed by atoms with E-state index < -0.39 is 0 Å². The van der Waals surface area contributed by atoms with Crippen molar-refractivity contribution in [3.05, 3.63) is 60.2 Å². The number of nitrogens with zero attached hydrogens (tertiary/aromatic N) is 1. The summed E-state index contributed by atoms with van der Waals surface area (Å²) in [6, 6.07) is 19.0. The van der Waals surface area contributed by atoms with Crippen molar-refractivity contribution in [2.24, 2.45) is 0 Å². The van der Waals surface area contributed by atoms with Crippen LogP contribution in [0.25, 0.3) is 0 Å². The minimum absolute atomic E-state index is 0.334. The zero-order valence-electron chi connectivity index (χ0n) is 12.5. The van der Waals surface area contributed by atoms with E-state index in [1.807, 2.05) is 18.2 Å². The van der Waals surface area contributed by atoms with E-state index in [1.54, 1.807) is 0 Å². The topological polar surface area (TPSA) is 17.1 Å². The molecular formula is C19H22NO+. The van der Waals surface area contributed by atoms with Crippen LogP contribution in [0.5, 0.6) is 0 Å². The van der Waals surface area contributed by atoms with Crippen LogP contribution in [0, 0.1) is 6.92 Å². The number of amides is 1. The zero-order valence-corrected chi connectivity index (χ0v) is 12.5. The molecule has 0 saturated heterocycles. The van der Waals surface area contributed by atoms with Gasteiger partial charge in [-0.2, -0.15) is 4.48 Å². The Hall–Kier alpha value is -1.93. The van der Waals surface area contributed by atoms with E-state index in [9.17, 15) is 4.79 Å². The van der Waals surface area contributed by atoms with Crippen LogP contribution in [0.3, 0.4) is 0 Å². The Kier molecular flexibility index (Phi) is 3.89. The van der Waals surface area contributed by atoms with Gasteiger partial charge in [-0.1, -0.05) is 35.9 Å². The Morgan fingerprint density at radius 3 is 2.05 bits per heavy atom. The third kappa shape index (κ3) is 2.40. The molecule has 21 heavy (non-hydrogen) atoms. The molecule has 1 atom stereocenters. The summed E-state index contributed by atoms with van der Waals surface area (Å²) in [4.78, 5) is 12.3. The number of para-hydroxylation sites is 1. The van der Waals surface area contributed by atoms with E-state index in [2.05, 4.69) is 43.3 Å². The van der Waals surface area contributed by atoms with E-state index in [4.69, 9.17) is 0 Å². The maximum atomic E-state index is 12.3. The van der Waals surface area contributed by atoms with E-state index >= 15 is 0 Å². The van der Waals surface area contributed by atoms with Gasteiger partial charge in [0.25, 0.3) is 0 Å². The molecule has 1 unspecified atom stereocenters. The van der Waals surface area contributed by atoms with Crippen molar-refractivity contribution in [2.45, 2.75) is 38.6 Å². The average molecular weight is 280 g/mol. The third-order valence-electron chi connectivity index (χ3n) is 4.71. The first-order valence-corrected chi connectivity index (χ1v) is 7.75. The molecule has 2 aromatic rings. The van der Waals surface area contributed by atoms with Crippen LogP contribution in [-0.4, -0.2) is 12.5 Å². The first kappa shape index (κ1) is 14.0. The van der Waals surface area contributed by atoms with Gasteiger partial charge in [-0.3, -0.25) is 0 Å². The minimum Gasteiger partial charge on any atom is -0.233 e. The number of hydrogen-bond acceptors (Lipinski definition) is 1. The smallest absolute Gasteiger partial charge is 0.233 e. The van der Waals surface area contributed by atoms with Crippen LogP contribution in [0.15, 0.2) is 54.6 Å². The Balaban J connectivity index is 2.17. The van der Waals surface area contributed by atoms with Gasteiger partial charge >= 0.3 is 6.41 Å². The summed E-state index contributed by atoms with van der Waals surface area (Å²) >= 11 is 0. The van der Waals surface area contributed by atoms with Crippen LogP contribution in [-0.2, 0) is 4.79 Å². The molecule has 1 aliphatic rings. The molecule has 2 nitrogen and oxygen atoms in total. The van der Waals surface area contributed by atoms with Crippen molar-refractivity contribution < 1.29 is 4.79 Å². The summed E-state index contributed by atoms with van der Waals surface area (Å²) in [6.07, 6.45) is 5.80. The van der Waals surface area contributed by atoms with Gasteiger partial charge in [-0.05, 0) is 19.8 Å². The number of aryl methyl sites for hydroxylation is 1. The summed E-state index contributed by atoms with van der Waals surface area (Å²) < 4.78 is 0.334. The van der Waals surface area contributed by atoms with Gasteiger partial charge in [0.2, 0.25) is 0 Å². The Morgan fingerprint density at radius 1 is 0.905 bits per heavy atom. The van der Waals surface area contributed by atoms with Gasteiger partial charge in [-0.25, -0.2) is 4.79 Å². The molecule has 1 aliphatic carbocycles. The highest BCUT2D eigenvalue weighted by Crippen LogP contribution is 2.41. The second-order valence-electron chi connectivity index (χ2n) is 5.99. The molecule has 0 aromatic heterocycles. The normalized spacial score (nSPS) is 18.3. The Bertz CT molecular complexity index is 599. The molecule has 2 aromatic carbocycles. The lowest BCUT2D eigenvalue weighted by Crippen LogP contribution is -2.50. The fourth-order valence-corrected chi connectivity index (χ4v) is 3.56. The lowest BCUT2D eigenvalue weighted by atomic mass is 10.1. The molecule has 2 heteroatoms. The molecule has 1 amide bonds. The monoisotopic (exact) mass is 280 g/mol. The number of carbonyl (C=O) groups is 1. The summed E-state index contributed by atoms with van der Waals surface area (Å²) in [5.41, 5.74) is 3.37. The van der Waals surface area contributed by atoms with Gasteiger partial charge in [0.15, 0.2) is 0 Å². The second kappa shape index (κ2) is 5.82. The molecule has 0 bridgehead atoms. The van der Waals surface area contributed by atoms with E-state index in [1.165, 1.54) is 18.4 Å². The van der Waals surface area contributed by atoms with Gasteiger partial charge < -0.3 is 0 Å². The minimum atomic E-state index is 0.334. The third-order valence-corrected chi connectivity index (χ3v) is 4.71. The first-order chi connectivity index (χ1) is 10.3. The highest BCUT2D eigenvalue weighted by atomic mass is 16.1. The van der Waals surface area contributed by atoms with Crippen molar-refractivity contribution >= 4 is 17.8 Å². The molecule has 0 spiro atoms. The van der Waals surface area contributed by atoms with E-state index in [-0.39, 0.29) is 0 Å². The highest BCUT2D eigenvalue weighted by molar-refractivity contribution is 5.81. The molecule has 0 aliphatic heterocycles. The van der Waals surface area contributed by atoms with Crippen molar-refractivity contribution in [1.29, 1.82) is 0 Å². The van der Waals surface area contributed by atoms with Crippen molar-refractivity contribution in [3.63, 3.8) is 0 Å². The lowest BCUT2D eigenvalue weighted by molar-refractivity contribution is -0.116. The highest BCUT2D eigenvalue weighted by Gasteiger charge is 2.43. The zero-order chi connectivity index (χ0) is 14.7. The van der Waals surface area contributed by atoms with Crippen LogP contribution in [0.2, 0.25) is 0 Å². The molecule has 0 N–H and O–H groups in total. The number of carbonyl (C=O) groups excluding carboxylic acids is 1. The van der Waals surface area contributed by atoms with Crippen LogP contribution in [0.4, 0.5) is 11.4 Å². The first-order valence-electron chi connectivity index (χ1n) is 7.75. The number of hydrogen-bond donors (Lipinski definition) is 0. The summed E-state index contributed by atoms with van der Waals surface area (Å²) in [5, 5.41) is 0. The molecule has 108 valence electrons. The molecular weight excluding hydrogens is 258 g/mol. The van der Waals surface area contributed by atoms with Crippen LogP contribution in [0.1, 0.15) is 31.2 Å². The van der Waals surface area contributed by atoms with Crippen molar-refractivity contribution in [1.82, 2.24) is 4.48 Å². The lowest BCUT2D eigenvalue weighted by Gasteiger charge is -2.36. The quantitative estimate of drug-likeness (QED) is 0.584. The molecule has 1 fully saturated rings. The van der Waals surface area contributed by atoms with Gasteiger partial charge in [-0.15, -0.1) is 0 Å². The largest absolute Gasteiger partial charge is 0.311 e. The standard InChI is InChI=1S/C19H22NO/c1-16-11-13-19(14-12-16)20(15-21,18-9-5-6-10-18)17-7-3-2-4-8-17/h2-4,7-8,11-15,18H,5-6,9-10H2,1H3/q+1. The Labute approximate surface area is 126 Å². The van der Waals surface area contributed by atoms with Gasteiger partial charge in [0, 0.05) is 37.1 Å². The molecule has 1 saturated carbocycles. The fraction of sp³-hybridized carbons (Fsp3) is 0.316. The summed E-state index contributed by atoms with van der Waals surface area (Å²) in [7, 11) is 0. The second-order valence-corrected chi connectivity index (χ2v) is 5.99. The maximum Gasteiger partial charge on any atom is 0.311 e. The number of quaternary nitrogens is 1. The van der Waals surface area contributed by atoms with Crippen LogP contribution >= 0.6 is 0 Å². The number of benzene rings is 2. The Morgan fingerprint density at radius 2 is 1.48 bits per heavy atom. The van der Waals surface area contributed by atoms with Gasteiger partial charge in [0.05, 0.1) is 0 Å². The molecule has 3 rings (SSSR count).